The Balaban J connectivity index is 1.11. The van der Waals surface area contributed by atoms with E-state index in [1.54, 1.807) is 11.0 Å². The van der Waals surface area contributed by atoms with Crippen LogP contribution in [0.5, 0.6) is 0 Å². The molecule has 35 heavy (non-hydrogen) atoms. The van der Waals surface area contributed by atoms with Crippen LogP contribution in [0.15, 0.2) is 40.7 Å². The molecule has 182 valence electrons. The van der Waals surface area contributed by atoms with Gasteiger partial charge in [-0.05, 0) is 86.8 Å². The number of likely N-dealkylation sites (tertiary alicyclic amines) is 1. The minimum absolute atomic E-state index is 0.0230. The van der Waals surface area contributed by atoms with Crippen LogP contribution in [0.1, 0.15) is 56.6 Å². The van der Waals surface area contributed by atoms with E-state index < -0.39 is 5.54 Å². The molecule has 6 nitrogen and oxygen atoms in total. The van der Waals surface area contributed by atoms with Gasteiger partial charge < -0.3 is 10.2 Å². The van der Waals surface area contributed by atoms with Gasteiger partial charge in [-0.2, -0.15) is 0 Å². The molecular formula is C28H31FN4O2. The average molecular weight is 475 g/mol. The number of rotatable bonds is 5. The molecule has 0 radical (unpaired) electrons. The minimum Gasteiger partial charge on any atom is -0.382 e. The molecule has 2 amide bonds. The smallest absolute Gasteiger partial charge is 0.256 e. The number of carbonyl (C=O) groups is 2. The number of hydrogen-bond donors (Lipinski definition) is 1. The molecule has 3 fully saturated rings. The van der Waals surface area contributed by atoms with E-state index in [9.17, 15) is 9.59 Å². The molecule has 1 aromatic rings. The largest absolute Gasteiger partial charge is 0.382 e. The van der Waals surface area contributed by atoms with Gasteiger partial charge in [-0.15, -0.1) is 0 Å². The van der Waals surface area contributed by atoms with Gasteiger partial charge >= 0.3 is 0 Å². The average Bonchev–Trinajstić information content (AvgIpc) is 3.72. The Labute approximate surface area is 204 Å². The lowest BCUT2D eigenvalue weighted by Crippen LogP contribution is -2.55. The van der Waals surface area contributed by atoms with E-state index in [1.165, 1.54) is 11.3 Å². The lowest BCUT2D eigenvalue weighted by molar-refractivity contribution is -0.139. The first-order valence-corrected chi connectivity index (χ1v) is 13.1. The quantitative estimate of drug-likeness (QED) is 0.699. The van der Waals surface area contributed by atoms with Crippen LogP contribution in [-0.4, -0.2) is 58.7 Å². The highest BCUT2D eigenvalue weighted by Gasteiger charge is 2.58. The van der Waals surface area contributed by atoms with Gasteiger partial charge in [0.25, 0.3) is 5.91 Å². The van der Waals surface area contributed by atoms with Crippen molar-refractivity contribution in [2.24, 2.45) is 16.8 Å². The summed E-state index contributed by atoms with van der Waals surface area (Å²) in [6, 6.07) is 6.78. The van der Waals surface area contributed by atoms with Crippen LogP contribution in [0.2, 0.25) is 0 Å². The number of carbonyl (C=O) groups excluding carboxylic acids is 2. The molecule has 1 atom stereocenters. The van der Waals surface area contributed by atoms with Gasteiger partial charge in [-0.1, -0.05) is 6.07 Å². The number of fused-ring (bicyclic) bond motifs is 1. The first kappa shape index (κ1) is 21.3. The Hall–Kier alpha value is -2.96. The Morgan fingerprint density at radius 3 is 2.74 bits per heavy atom. The number of aliphatic imine (C=N–C) groups is 1. The van der Waals surface area contributed by atoms with Gasteiger partial charge in [0.15, 0.2) is 0 Å². The number of amidine groups is 1. The zero-order chi connectivity index (χ0) is 23.9. The summed E-state index contributed by atoms with van der Waals surface area (Å²) in [6.07, 6.45) is 7.42. The number of anilines is 1. The molecule has 2 saturated carbocycles. The standard InChI is InChI=1S/C28H31FN4O2/c1-16-10-21-11-19(5-7-24(21)30-16)20-4-6-22(23(29)12-20)25-31-28(8-9-28)27(35)33(25)15-17-13-32(14-17)26(34)18-2-3-18/h5,7,11-12,16-18,30H,2-4,6,8-10,13-15H2,1H3. The second kappa shape index (κ2) is 7.52. The van der Waals surface area contributed by atoms with Crippen molar-refractivity contribution in [2.75, 3.05) is 25.0 Å². The summed E-state index contributed by atoms with van der Waals surface area (Å²) in [6.45, 7) is 4.08. The summed E-state index contributed by atoms with van der Waals surface area (Å²) in [5.74, 6) is 1.02. The Bertz CT molecular complexity index is 1230. The van der Waals surface area contributed by atoms with Crippen molar-refractivity contribution in [1.29, 1.82) is 0 Å². The fraction of sp³-hybridized carbons (Fsp3) is 0.536. The molecule has 6 aliphatic rings. The summed E-state index contributed by atoms with van der Waals surface area (Å²) < 4.78 is 15.6. The molecule has 3 aliphatic carbocycles. The van der Waals surface area contributed by atoms with Crippen molar-refractivity contribution >= 4 is 28.9 Å². The highest BCUT2D eigenvalue weighted by atomic mass is 19.1. The van der Waals surface area contributed by atoms with Crippen molar-refractivity contribution in [3.63, 3.8) is 0 Å². The molecule has 1 aromatic carbocycles. The van der Waals surface area contributed by atoms with Crippen molar-refractivity contribution in [1.82, 2.24) is 9.80 Å². The van der Waals surface area contributed by atoms with Gasteiger partial charge in [-0.25, -0.2) is 4.39 Å². The third-order valence-electron chi connectivity index (χ3n) is 8.49. The molecule has 7 rings (SSSR count). The van der Waals surface area contributed by atoms with Gasteiger partial charge in [-0.3, -0.25) is 19.5 Å². The topological polar surface area (TPSA) is 65.0 Å². The van der Waals surface area contributed by atoms with E-state index in [1.807, 2.05) is 4.90 Å². The number of halogens is 1. The fourth-order valence-electron chi connectivity index (χ4n) is 6.10. The molecule has 1 spiro atoms. The van der Waals surface area contributed by atoms with E-state index >= 15 is 4.39 Å². The van der Waals surface area contributed by atoms with Gasteiger partial charge in [0.1, 0.15) is 17.2 Å². The van der Waals surface area contributed by atoms with Crippen molar-refractivity contribution in [2.45, 2.75) is 63.5 Å². The molecule has 1 saturated heterocycles. The summed E-state index contributed by atoms with van der Waals surface area (Å²) in [7, 11) is 0. The normalized spacial score (nSPS) is 27.0. The van der Waals surface area contributed by atoms with Crippen LogP contribution in [-0.2, 0) is 16.0 Å². The summed E-state index contributed by atoms with van der Waals surface area (Å²) in [4.78, 5) is 34.0. The number of nitrogens with zero attached hydrogens (tertiary/aromatic N) is 3. The lowest BCUT2D eigenvalue weighted by atomic mass is 9.90. The third-order valence-corrected chi connectivity index (χ3v) is 8.49. The second-order valence-electron chi connectivity index (χ2n) is 11.4. The number of benzene rings is 1. The van der Waals surface area contributed by atoms with E-state index in [2.05, 4.69) is 30.4 Å². The Morgan fingerprint density at radius 1 is 1.23 bits per heavy atom. The SMILES string of the molecule is CC1Cc2cc(C3=CC(F)=C(C4=NC5(CC5)C(=O)N4CC4CN(C(=O)C5CC5)C4)CC3)ccc2N1. The Morgan fingerprint density at radius 2 is 2.03 bits per heavy atom. The predicted molar refractivity (Wildman–Crippen MR) is 132 cm³/mol. The zero-order valence-electron chi connectivity index (χ0n) is 20.1. The second-order valence-corrected chi connectivity index (χ2v) is 11.4. The van der Waals surface area contributed by atoms with Crippen LogP contribution >= 0.6 is 0 Å². The zero-order valence-corrected chi connectivity index (χ0v) is 20.1. The summed E-state index contributed by atoms with van der Waals surface area (Å²) >= 11 is 0. The lowest BCUT2D eigenvalue weighted by Gasteiger charge is -2.41. The minimum atomic E-state index is -0.649. The number of amides is 2. The van der Waals surface area contributed by atoms with E-state index in [-0.39, 0.29) is 29.5 Å². The molecule has 0 aromatic heterocycles. The number of nitrogens with one attached hydrogen (secondary N) is 1. The summed E-state index contributed by atoms with van der Waals surface area (Å²) in [5, 5.41) is 3.47. The van der Waals surface area contributed by atoms with Crippen molar-refractivity contribution in [3.05, 3.63) is 46.8 Å². The van der Waals surface area contributed by atoms with Crippen LogP contribution < -0.4 is 5.32 Å². The van der Waals surface area contributed by atoms with Crippen LogP contribution in [0, 0.1) is 11.8 Å². The van der Waals surface area contributed by atoms with E-state index in [0.29, 0.717) is 43.5 Å². The maximum atomic E-state index is 15.6. The molecule has 3 heterocycles. The third kappa shape index (κ3) is 3.54. The maximum absolute atomic E-state index is 15.6. The number of allylic oxidation sites excluding steroid dienone is 3. The highest BCUT2D eigenvalue weighted by molar-refractivity contribution is 6.16. The number of hydrogen-bond acceptors (Lipinski definition) is 4. The molecule has 3 aliphatic heterocycles. The molecular weight excluding hydrogens is 443 g/mol. The first-order valence-electron chi connectivity index (χ1n) is 13.1. The first-order chi connectivity index (χ1) is 16.9. The van der Waals surface area contributed by atoms with Crippen LogP contribution in [0.4, 0.5) is 10.1 Å². The van der Waals surface area contributed by atoms with E-state index in [0.717, 1.165) is 49.7 Å². The van der Waals surface area contributed by atoms with Crippen molar-refractivity contribution in [3.8, 4) is 0 Å². The monoisotopic (exact) mass is 474 g/mol. The molecule has 7 heteroatoms. The van der Waals surface area contributed by atoms with Crippen LogP contribution in [0.25, 0.3) is 5.57 Å². The van der Waals surface area contributed by atoms with Crippen LogP contribution in [0.3, 0.4) is 0 Å². The highest BCUT2D eigenvalue weighted by Crippen LogP contribution is 2.48. The maximum Gasteiger partial charge on any atom is 0.256 e. The van der Waals surface area contributed by atoms with Gasteiger partial charge in [0.05, 0.1) is 0 Å². The molecule has 1 N–H and O–H groups in total. The summed E-state index contributed by atoms with van der Waals surface area (Å²) in [5.41, 5.74) is 4.44. The van der Waals surface area contributed by atoms with Gasteiger partial charge in [0.2, 0.25) is 5.91 Å². The Kier molecular flexibility index (Phi) is 4.58. The molecule has 1 unspecified atom stereocenters. The van der Waals surface area contributed by atoms with E-state index in [4.69, 9.17) is 4.99 Å². The molecule has 0 bridgehead atoms. The fourth-order valence-corrected chi connectivity index (χ4v) is 6.10. The van der Waals surface area contributed by atoms with Gasteiger partial charge in [0, 0.05) is 48.8 Å². The predicted octanol–water partition coefficient (Wildman–Crippen LogP) is 4.09. The van der Waals surface area contributed by atoms with Crippen molar-refractivity contribution < 1.29 is 14.0 Å².